The van der Waals surface area contributed by atoms with Crippen LogP contribution >= 0.6 is 11.6 Å². The molecule has 2 N–H and O–H groups in total. The number of halogens is 1. The van der Waals surface area contributed by atoms with E-state index in [-0.39, 0.29) is 12.5 Å². The molecule has 1 amide bonds. The van der Waals surface area contributed by atoms with Gasteiger partial charge in [-0.05, 0) is 37.5 Å². The summed E-state index contributed by atoms with van der Waals surface area (Å²) in [4.78, 5) is 23.4. The lowest BCUT2D eigenvalue weighted by Crippen LogP contribution is -2.54. The molecule has 1 aromatic rings. The zero-order chi connectivity index (χ0) is 20.6. The van der Waals surface area contributed by atoms with Crippen molar-refractivity contribution in [1.29, 1.82) is 0 Å². The van der Waals surface area contributed by atoms with E-state index in [1.54, 1.807) is 12.1 Å². The third-order valence-corrected chi connectivity index (χ3v) is 5.75. The first-order valence-corrected chi connectivity index (χ1v) is 10.9. The number of nitrogens with zero attached hydrogens (tertiary/aromatic N) is 4. The standard InChI is InChI=1S/C21H32ClN5O2/c1-2-23-21(24-15-19(28)17-5-7-18(22)8-6-17)27-13-11-25(12-14-27)16-20(29)26-9-3-4-10-26/h5-8,19,28H,2-4,9-16H2,1H3,(H,23,24). The van der Waals surface area contributed by atoms with E-state index in [0.717, 1.165) is 70.2 Å². The molecule has 1 unspecified atom stereocenters. The van der Waals surface area contributed by atoms with Gasteiger partial charge in [0.05, 0.1) is 19.2 Å². The molecule has 0 spiro atoms. The van der Waals surface area contributed by atoms with Gasteiger partial charge in [-0.1, -0.05) is 23.7 Å². The molecule has 2 saturated heterocycles. The number of aliphatic imine (C=N–C) groups is 1. The topological polar surface area (TPSA) is 71.4 Å². The fourth-order valence-corrected chi connectivity index (χ4v) is 3.89. The summed E-state index contributed by atoms with van der Waals surface area (Å²) in [5.74, 6) is 1.06. The Morgan fingerprint density at radius 1 is 1.10 bits per heavy atom. The number of guanidine groups is 1. The van der Waals surface area contributed by atoms with Gasteiger partial charge in [-0.15, -0.1) is 0 Å². The summed E-state index contributed by atoms with van der Waals surface area (Å²) in [6.07, 6.45) is 1.59. The Morgan fingerprint density at radius 3 is 2.38 bits per heavy atom. The third-order valence-electron chi connectivity index (χ3n) is 5.49. The Bertz CT molecular complexity index is 683. The summed E-state index contributed by atoms with van der Waals surface area (Å²) in [6.45, 7) is 8.73. The maximum absolute atomic E-state index is 12.4. The largest absolute Gasteiger partial charge is 0.386 e. The van der Waals surface area contributed by atoms with E-state index < -0.39 is 6.10 Å². The lowest BCUT2D eigenvalue weighted by molar-refractivity contribution is -0.131. The predicted octanol–water partition coefficient (Wildman–Crippen LogP) is 1.58. The van der Waals surface area contributed by atoms with Crippen LogP contribution in [0.15, 0.2) is 29.3 Å². The summed E-state index contributed by atoms with van der Waals surface area (Å²) in [7, 11) is 0. The lowest BCUT2D eigenvalue weighted by atomic mass is 10.1. The molecule has 29 heavy (non-hydrogen) atoms. The van der Waals surface area contributed by atoms with E-state index in [1.165, 1.54) is 0 Å². The number of aliphatic hydroxyl groups excluding tert-OH is 1. The zero-order valence-corrected chi connectivity index (χ0v) is 17.9. The maximum Gasteiger partial charge on any atom is 0.236 e. The van der Waals surface area contributed by atoms with Crippen LogP contribution in [0.5, 0.6) is 0 Å². The zero-order valence-electron chi connectivity index (χ0n) is 17.2. The van der Waals surface area contributed by atoms with Gasteiger partial charge in [0.1, 0.15) is 0 Å². The highest BCUT2D eigenvalue weighted by Gasteiger charge is 2.24. The number of hydrogen-bond donors (Lipinski definition) is 2. The number of likely N-dealkylation sites (tertiary alicyclic amines) is 1. The molecule has 2 fully saturated rings. The summed E-state index contributed by atoms with van der Waals surface area (Å²) in [6, 6.07) is 7.20. The average Bonchev–Trinajstić information content (AvgIpc) is 3.27. The molecule has 0 aliphatic carbocycles. The summed E-state index contributed by atoms with van der Waals surface area (Å²) in [5.41, 5.74) is 0.805. The second-order valence-corrected chi connectivity index (χ2v) is 8.05. The molecule has 0 saturated carbocycles. The van der Waals surface area contributed by atoms with Crippen LogP contribution in [-0.2, 0) is 4.79 Å². The second-order valence-electron chi connectivity index (χ2n) is 7.61. The minimum Gasteiger partial charge on any atom is -0.386 e. The summed E-state index contributed by atoms with van der Waals surface area (Å²) < 4.78 is 0. The fraction of sp³-hybridized carbons (Fsp3) is 0.619. The van der Waals surface area contributed by atoms with Crippen LogP contribution in [0, 0.1) is 0 Å². The normalized spacial score (nSPS) is 19.5. The van der Waals surface area contributed by atoms with Crippen molar-refractivity contribution in [3.8, 4) is 0 Å². The minimum atomic E-state index is -0.666. The lowest BCUT2D eigenvalue weighted by Gasteiger charge is -2.36. The van der Waals surface area contributed by atoms with Crippen LogP contribution in [0.3, 0.4) is 0 Å². The van der Waals surface area contributed by atoms with Gasteiger partial charge in [0.2, 0.25) is 5.91 Å². The van der Waals surface area contributed by atoms with E-state index in [4.69, 9.17) is 11.6 Å². The van der Waals surface area contributed by atoms with Crippen molar-refractivity contribution >= 4 is 23.5 Å². The molecule has 0 aromatic heterocycles. The third kappa shape index (κ3) is 6.32. The number of aliphatic hydroxyl groups is 1. The van der Waals surface area contributed by atoms with Crippen molar-refractivity contribution in [2.24, 2.45) is 4.99 Å². The first-order valence-electron chi connectivity index (χ1n) is 10.5. The van der Waals surface area contributed by atoms with Crippen molar-refractivity contribution in [3.63, 3.8) is 0 Å². The molecule has 7 nitrogen and oxygen atoms in total. The van der Waals surface area contributed by atoms with Crippen LogP contribution < -0.4 is 5.32 Å². The number of piperazine rings is 1. The van der Waals surface area contributed by atoms with Crippen molar-refractivity contribution in [3.05, 3.63) is 34.9 Å². The first-order chi connectivity index (χ1) is 14.1. The van der Waals surface area contributed by atoms with Gasteiger partial charge in [0, 0.05) is 50.8 Å². The first kappa shape index (κ1) is 21.9. The van der Waals surface area contributed by atoms with Gasteiger partial charge in [-0.3, -0.25) is 14.7 Å². The summed E-state index contributed by atoms with van der Waals surface area (Å²) in [5, 5.41) is 14.4. The summed E-state index contributed by atoms with van der Waals surface area (Å²) >= 11 is 5.91. The van der Waals surface area contributed by atoms with Crippen molar-refractivity contribution in [2.75, 3.05) is 58.9 Å². The van der Waals surface area contributed by atoms with Crippen molar-refractivity contribution < 1.29 is 9.90 Å². The van der Waals surface area contributed by atoms with Crippen LogP contribution in [0.2, 0.25) is 5.02 Å². The van der Waals surface area contributed by atoms with E-state index in [0.29, 0.717) is 11.6 Å². The molecule has 1 aromatic carbocycles. The van der Waals surface area contributed by atoms with Gasteiger partial charge in [-0.25, -0.2) is 0 Å². The molecule has 3 rings (SSSR count). The molecule has 2 heterocycles. The van der Waals surface area contributed by atoms with E-state index in [2.05, 4.69) is 20.1 Å². The minimum absolute atomic E-state index is 0.252. The number of amides is 1. The quantitative estimate of drug-likeness (QED) is 0.539. The Balaban J connectivity index is 1.50. The number of carbonyl (C=O) groups excluding carboxylic acids is 1. The molecule has 2 aliphatic rings. The van der Waals surface area contributed by atoms with Gasteiger partial charge >= 0.3 is 0 Å². The molecule has 1 atom stereocenters. The Labute approximate surface area is 178 Å². The molecular formula is C21H32ClN5O2. The van der Waals surface area contributed by atoms with Gasteiger partial charge < -0.3 is 20.2 Å². The molecule has 8 heteroatoms. The number of hydrogen-bond acceptors (Lipinski definition) is 4. The van der Waals surface area contributed by atoms with Gasteiger partial charge in [0.15, 0.2) is 5.96 Å². The van der Waals surface area contributed by atoms with E-state index in [9.17, 15) is 9.90 Å². The molecule has 160 valence electrons. The highest BCUT2D eigenvalue weighted by atomic mass is 35.5. The number of carbonyl (C=O) groups is 1. The van der Waals surface area contributed by atoms with Crippen LogP contribution in [-0.4, -0.2) is 90.6 Å². The molecule has 0 radical (unpaired) electrons. The highest BCUT2D eigenvalue weighted by Crippen LogP contribution is 2.17. The van der Waals surface area contributed by atoms with E-state index in [1.807, 2.05) is 24.0 Å². The average molecular weight is 422 g/mol. The number of nitrogens with one attached hydrogen (secondary N) is 1. The van der Waals surface area contributed by atoms with Crippen LogP contribution in [0.4, 0.5) is 0 Å². The maximum atomic E-state index is 12.4. The van der Waals surface area contributed by atoms with Crippen LogP contribution in [0.25, 0.3) is 0 Å². The monoisotopic (exact) mass is 421 g/mol. The predicted molar refractivity (Wildman–Crippen MR) is 116 cm³/mol. The van der Waals surface area contributed by atoms with Crippen molar-refractivity contribution in [1.82, 2.24) is 20.0 Å². The number of benzene rings is 1. The molecule has 0 bridgehead atoms. The highest BCUT2D eigenvalue weighted by molar-refractivity contribution is 6.30. The molecule has 2 aliphatic heterocycles. The Hall–Kier alpha value is -1.83. The molecular weight excluding hydrogens is 390 g/mol. The second kappa shape index (κ2) is 10.8. The van der Waals surface area contributed by atoms with Gasteiger partial charge in [0.25, 0.3) is 0 Å². The fourth-order valence-electron chi connectivity index (χ4n) is 3.76. The van der Waals surface area contributed by atoms with Crippen LogP contribution in [0.1, 0.15) is 31.4 Å². The van der Waals surface area contributed by atoms with Crippen molar-refractivity contribution in [2.45, 2.75) is 25.9 Å². The smallest absolute Gasteiger partial charge is 0.236 e. The number of rotatable bonds is 6. The SMILES string of the molecule is CCNC(=NCC(O)c1ccc(Cl)cc1)N1CCN(CC(=O)N2CCCC2)CC1. The van der Waals surface area contributed by atoms with Gasteiger partial charge in [-0.2, -0.15) is 0 Å². The van der Waals surface area contributed by atoms with E-state index >= 15 is 0 Å². The Kier molecular flexibility index (Phi) is 8.15. The Morgan fingerprint density at radius 2 is 1.76 bits per heavy atom.